The summed E-state index contributed by atoms with van der Waals surface area (Å²) in [7, 11) is 1.60. The highest BCUT2D eigenvalue weighted by Gasteiger charge is 2.25. The van der Waals surface area contributed by atoms with Crippen LogP contribution >= 0.6 is 11.8 Å². The van der Waals surface area contributed by atoms with Crippen molar-refractivity contribution in [3.63, 3.8) is 0 Å². The first-order chi connectivity index (χ1) is 12.9. The van der Waals surface area contributed by atoms with Gasteiger partial charge in [-0.05, 0) is 38.5 Å². The molecule has 0 fully saturated rings. The number of nitrogens with zero attached hydrogens (tertiary/aromatic N) is 1. The molecule has 5 heteroatoms. The molecule has 144 valence electrons. The first-order valence-electron chi connectivity index (χ1n) is 9.16. The molecule has 0 saturated carbocycles. The van der Waals surface area contributed by atoms with E-state index < -0.39 is 6.04 Å². The summed E-state index contributed by atoms with van der Waals surface area (Å²) in [4.78, 5) is 27.8. The zero-order valence-corrected chi connectivity index (χ0v) is 17.3. The molecule has 0 unspecified atom stereocenters. The Bertz CT molecular complexity index is 757. The lowest BCUT2D eigenvalue weighted by molar-refractivity contribution is -0.140. The molecule has 1 N–H and O–H groups in total. The minimum absolute atomic E-state index is 0.00807. The fraction of sp³-hybridized carbons (Fsp3) is 0.364. The summed E-state index contributed by atoms with van der Waals surface area (Å²) in [5.74, 6) is 0.528. The fourth-order valence-corrected chi connectivity index (χ4v) is 3.56. The number of hydrogen-bond donors (Lipinski definition) is 1. The molecule has 4 nitrogen and oxygen atoms in total. The van der Waals surface area contributed by atoms with Crippen LogP contribution in [0.1, 0.15) is 30.0 Å². The monoisotopic (exact) mass is 384 g/mol. The molecule has 27 heavy (non-hydrogen) atoms. The Labute approximate surface area is 166 Å². The average Bonchev–Trinajstić information content (AvgIpc) is 2.67. The van der Waals surface area contributed by atoms with Crippen molar-refractivity contribution in [2.75, 3.05) is 12.8 Å². The van der Waals surface area contributed by atoms with Crippen LogP contribution in [0.25, 0.3) is 0 Å². The Morgan fingerprint density at radius 3 is 2.11 bits per heavy atom. The van der Waals surface area contributed by atoms with Crippen molar-refractivity contribution in [3.8, 4) is 0 Å². The van der Waals surface area contributed by atoms with Crippen molar-refractivity contribution >= 4 is 23.6 Å². The van der Waals surface area contributed by atoms with E-state index >= 15 is 0 Å². The maximum Gasteiger partial charge on any atom is 0.242 e. The molecular weight excluding hydrogens is 356 g/mol. The number of hydrogen-bond acceptors (Lipinski definition) is 3. The van der Waals surface area contributed by atoms with E-state index in [1.165, 1.54) is 11.1 Å². The van der Waals surface area contributed by atoms with Gasteiger partial charge in [0, 0.05) is 30.7 Å². The summed E-state index contributed by atoms with van der Waals surface area (Å²) < 4.78 is 0. The van der Waals surface area contributed by atoms with Crippen molar-refractivity contribution < 1.29 is 9.59 Å². The normalized spacial score (nSPS) is 11.7. The SMILES string of the molecule is CNC(=O)[C@@H](C)N(Cc1ccc(C)cc1)C(=O)CCSc1ccc(C)cc1. The van der Waals surface area contributed by atoms with Gasteiger partial charge >= 0.3 is 0 Å². The van der Waals surface area contributed by atoms with E-state index in [0.29, 0.717) is 18.7 Å². The van der Waals surface area contributed by atoms with Gasteiger partial charge in [-0.1, -0.05) is 47.5 Å². The number of nitrogens with one attached hydrogen (secondary N) is 1. The molecule has 0 spiro atoms. The molecule has 2 aromatic carbocycles. The molecule has 0 saturated heterocycles. The summed E-state index contributed by atoms with van der Waals surface area (Å²) in [6.07, 6.45) is 0.395. The Kier molecular flexibility index (Phi) is 7.92. The maximum atomic E-state index is 12.9. The number of carbonyl (C=O) groups is 2. The Balaban J connectivity index is 2.02. The van der Waals surface area contributed by atoms with Crippen molar-refractivity contribution in [1.29, 1.82) is 0 Å². The Hall–Kier alpha value is -2.27. The zero-order valence-electron chi connectivity index (χ0n) is 16.5. The number of thioether (sulfide) groups is 1. The number of likely N-dealkylation sites (N-methyl/N-ethyl adjacent to an activating group) is 1. The van der Waals surface area contributed by atoms with Crippen LogP contribution in [0.5, 0.6) is 0 Å². The number of carbonyl (C=O) groups excluding carboxylic acids is 2. The van der Waals surface area contributed by atoms with E-state index in [9.17, 15) is 9.59 Å². The van der Waals surface area contributed by atoms with E-state index in [1.807, 2.05) is 31.2 Å². The van der Waals surface area contributed by atoms with Crippen LogP contribution in [0.4, 0.5) is 0 Å². The maximum absolute atomic E-state index is 12.9. The van der Waals surface area contributed by atoms with Crippen molar-refractivity contribution in [2.24, 2.45) is 0 Å². The predicted molar refractivity (Wildman–Crippen MR) is 112 cm³/mol. The van der Waals surface area contributed by atoms with Crippen LogP contribution in [0, 0.1) is 13.8 Å². The molecule has 0 aliphatic rings. The summed E-state index contributed by atoms with van der Waals surface area (Å²) in [5.41, 5.74) is 3.42. The Morgan fingerprint density at radius 2 is 1.56 bits per heavy atom. The highest BCUT2D eigenvalue weighted by Crippen LogP contribution is 2.20. The highest BCUT2D eigenvalue weighted by atomic mass is 32.2. The smallest absolute Gasteiger partial charge is 0.242 e. The summed E-state index contributed by atoms with van der Waals surface area (Å²) in [5, 5.41) is 2.64. The lowest BCUT2D eigenvalue weighted by Gasteiger charge is -2.28. The number of rotatable bonds is 8. The van der Waals surface area contributed by atoms with E-state index in [4.69, 9.17) is 0 Å². The molecule has 0 aromatic heterocycles. The van der Waals surface area contributed by atoms with Crippen LogP contribution < -0.4 is 5.32 Å². The van der Waals surface area contributed by atoms with Gasteiger partial charge < -0.3 is 10.2 Å². The number of amides is 2. The van der Waals surface area contributed by atoms with Gasteiger partial charge in [0.05, 0.1) is 0 Å². The molecule has 0 aliphatic heterocycles. The van der Waals surface area contributed by atoms with Gasteiger partial charge in [0.15, 0.2) is 0 Å². The second kappa shape index (κ2) is 10.2. The fourth-order valence-electron chi connectivity index (χ4n) is 2.72. The van der Waals surface area contributed by atoms with Gasteiger partial charge in [-0.15, -0.1) is 11.8 Å². The number of benzene rings is 2. The van der Waals surface area contributed by atoms with E-state index in [1.54, 1.807) is 30.6 Å². The second-order valence-electron chi connectivity index (χ2n) is 6.71. The van der Waals surface area contributed by atoms with Gasteiger partial charge in [-0.2, -0.15) is 0 Å². The zero-order chi connectivity index (χ0) is 19.8. The van der Waals surface area contributed by atoms with Crippen molar-refractivity contribution in [1.82, 2.24) is 10.2 Å². The van der Waals surface area contributed by atoms with Crippen LogP contribution in [-0.4, -0.2) is 35.6 Å². The third-order valence-electron chi connectivity index (χ3n) is 4.49. The number of aryl methyl sites for hydroxylation is 2. The molecule has 2 rings (SSSR count). The summed E-state index contributed by atoms with van der Waals surface area (Å²) in [6.45, 7) is 6.30. The van der Waals surface area contributed by atoms with Crippen LogP contribution in [0.15, 0.2) is 53.4 Å². The second-order valence-corrected chi connectivity index (χ2v) is 7.88. The third kappa shape index (κ3) is 6.43. The summed E-state index contributed by atoms with van der Waals surface area (Å²) >= 11 is 1.66. The molecule has 2 amide bonds. The first-order valence-corrected chi connectivity index (χ1v) is 10.2. The van der Waals surface area contributed by atoms with Gasteiger partial charge in [-0.25, -0.2) is 0 Å². The van der Waals surface area contributed by atoms with Gasteiger partial charge in [0.2, 0.25) is 11.8 Å². The third-order valence-corrected chi connectivity index (χ3v) is 5.51. The molecule has 2 aromatic rings. The molecule has 0 heterocycles. The van der Waals surface area contributed by atoms with Crippen LogP contribution in [0.3, 0.4) is 0 Å². The topological polar surface area (TPSA) is 49.4 Å². The van der Waals surface area contributed by atoms with E-state index in [-0.39, 0.29) is 11.8 Å². The lowest BCUT2D eigenvalue weighted by Crippen LogP contribution is -2.46. The van der Waals surface area contributed by atoms with E-state index in [0.717, 1.165) is 10.5 Å². The molecule has 1 atom stereocenters. The average molecular weight is 385 g/mol. The summed E-state index contributed by atoms with van der Waals surface area (Å²) in [6, 6.07) is 15.8. The molecule has 0 bridgehead atoms. The van der Waals surface area contributed by atoms with Crippen LogP contribution in [-0.2, 0) is 16.1 Å². The molecular formula is C22H28N2O2S. The predicted octanol–water partition coefficient (Wildman–Crippen LogP) is 3.95. The van der Waals surface area contributed by atoms with Gasteiger partial charge in [0.1, 0.15) is 6.04 Å². The molecule has 0 aliphatic carbocycles. The standard InChI is InChI=1S/C22H28N2O2S/c1-16-5-9-19(10-6-16)15-24(18(3)22(26)23-4)21(25)13-14-27-20-11-7-17(2)8-12-20/h5-12,18H,13-15H2,1-4H3,(H,23,26)/t18-/m1/s1. The van der Waals surface area contributed by atoms with Crippen molar-refractivity contribution in [2.45, 2.75) is 44.7 Å². The van der Waals surface area contributed by atoms with Gasteiger partial charge in [0.25, 0.3) is 0 Å². The minimum Gasteiger partial charge on any atom is -0.357 e. The van der Waals surface area contributed by atoms with Crippen molar-refractivity contribution in [3.05, 3.63) is 65.2 Å². The van der Waals surface area contributed by atoms with Gasteiger partial charge in [-0.3, -0.25) is 9.59 Å². The minimum atomic E-state index is -0.506. The lowest BCUT2D eigenvalue weighted by atomic mass is 10.1. The Morgan fingerprint density at radius 1 is 1.00 bits per heavy atom. The van der Waals surface area contributed by atoms with Crippen LogP contribution in [0.2, 0.25) is 0 Å². The van der Waals surface area contributed by atoms with E-state index in [2.05, 4.69) is 36.5 Å². The largest absolute Gasteiger partial charge is 0.357 e. The highest BCUT2D eigenvalue weighted by molar-refractivity contribution is 7.99. The molecule has 0 radical (unpaired) electrons. The first kappa shape index (κ1) is 21.0. The quantitative estimate of drug-likeness (QED) is 0.701.